The quantitative estimate of drug-likeness (QED) is 0.521. The molecule has 0 radical (unpaired) electrons. The van der Waals surface area contributed by atoms with E-state index in [1.54, 1.807) is 7.11 Å². The number of anilines is 2. The number of ether oxygens (including phenoxy) is 1. The standard InChI is InChI=1S/C17H15N3O/c1-21-13-7-4-6-12(10-13)18-17-15-9-11-5-2-3-8-14(11)16(15)19-20-17/h2-10,18-20H,1H3. The Hall–Kier alpha value is -2.88. The Kier molecular flexibility index (Phi) is 2.60. The second-order valence-corrected chi connectivity index (χ2v) is 5.00. The molecule has 0 unspecified atom stereocenters. The third-order valence-electron chi connectivity index (χ3n) is 3.72. The van der Waals surface area contributed by atoms with E-state index in [0.29, 0.717) is 0 Å². The number of H-pyrrole nitrogens is 2. The summed E-state index contributed by atoms with van der Waals surface area (Å²) < 4.78 is 5.25. The van der Waals surface area contributed by atoms with Gasteiger partial charge in [0.15, 0.2) is 0 Å². The summed E-state index contributed by atoms with van der Waals surface area (Å²) in [5, 5.41) is 12.3. The van der Waals surface area contributed by atoms with Crippen molar-refractivity contribution >= 4 is 22.3 Å². The molecule has 2 aliphatic rings. The fourth-order valence-electron chi connectivity index (χ4n) is 2.69. The van der Waals surface area contributed by atoms with Crippen LogP contribution in [0.4, 0.5) is 11.5 Å². The molecule has 104 valence electrons. The van der Waals surface area contributed by atoms with E-state index >= 15 is 0 Å². The maximum absolute atomic E-state index is 5.25. The summed E-state index contributed by atoms with van der Waals surface area (Å²) >= 11 is 0. The van der Waals surface area contributed by atoms with Crippen LogP contribution in [0.5, 0.6) is 5.75 Å². The molecule has 4 nitrogen and oxygen atoms in total. The van der Waals surface area contributed by atoms with Crippen LogP contribution in [-0.4, -0.2) is 17.3 Å². The average Bonchev–Trinajstić information content (AvgIpc) is 3.08. The lowest BCUT2D eigenvalue weighted by Gasteiger charge is -2.06. The molecule has 0 bridgehead atoms. The molecule has 1 aliphatic heterocycles. The first-order chi connectivity index (χ1) is 10.3. The topological polar surface area (TPSA) is 52.8 Å². The van der Waals surface area contributed by atoms with Crippen molar-refractivity contribution in [3.05, 3.63) is 54.6 Å². The molecular weight excluding hydrogens is 262 g/mol. The van der Waals surface area contributed by atoms with Gasteiger partial charge in [0, 0.05) is 22.7 Å². The Morgan fingerprint density at radius 2 is 1.86 bits per heavy atom. The summed E-state index contributed by atoms with van der Waals surface area (Å²) in [6, 6.07) is 18.4. The highest BCUT2D eigenvalue weighted by atomic mass is 16.5. The lowest BCUT2D eigenvalue weighted by atomic mass is 10.2. The van der Waals surface area contributed by atoms with Gasteiger partial charge < -0.3 is 10.1 Å². The van der Waals surface area contributed by atoms with Crippen molar-refractivity contribution in [3.63, 3.8) is 0 Å². The number of aromatic nitrogens is 2. The molecule has 0 saturated heterocycles. The van der Waals surface area contributed by atoms with Crippen molar-refractivity contribution in [2.24, 2.45) is 0 Å². The monoisotopic (exact) mass is 277 g/mol. The molecule has 0 amide bonds. The number of benzene rings is 2. The van der Waals surface area contributed by atoms with Crippen molar-refractivity contribution < 1.29 is 4.74 Å². The molecule has 1 aliphatic carbocycles. The Morgan fingerprint density at radius 3 is 2.76 bits per heavy atom. The van der Waals surface area contributed by atoms with Crippen LogP contribution in [0.2, 0.25) is 0 Å². The normalized spacial score (nSPS) is 11.1. The summed E-state index contributed by atoms with van der Waals surface area (Å²) in [5.41, 5.74) is 3.26. The van der Waals surface area contributed by atoms with E-state index in [4.69, 9.17) is 4.74 Å². The SMILES string of the molecule is COc1cccc(Nc2[nH][nH]c3c4ccccc4cc2-3)c1. The third kappa shape index (κ3) is 1.92. The highest BCUT2D eigenvalue weighted by Gasteiger charge is 2.16. The second-order valence-electron chi connectivity index (χ2n) is 5.00. The molecule has 0 saturated carbocycles. The summed E-state index contributed by atoms with van der Waals surface area (Å²) in [5.74, 6) is 1.79. The molecule has 0 fully saturated rings. The van der Waals surface area contributed by atoms with E-state index in [1.165, 1.54) is 10.8 Å². The largest absolute Gasteiger partial charge is 0.497 e. The van der Waals surface area contributed by atoms with Crippen LogP contribution < -0.4 is 10.1 Å². The van der Waals surface area contributed by atoms with E-state index in [2.05, 4.69) is 45.8 Å². The van der Waals surface area contributed by atoms with Gasteiger partial charge >= 0.3 is 0 Å². The van der Waals surface area contributed by atoms with Gasteiger partial charge in [0.2, 0.25) is 0 Å². The zero-order valence-electron chi connectivity index (χ0n) is 11.6. The second kappa shape index (κ2) is 4.59. The minimum absolute atomic E-state index is 0.833. The fourth-order valence-corrected chi connectivity index (χ4v) is 2.69. The van der Waals surface area contributed by atoms with Gasteiger partial charge in [0.05, 0.1) is 12.8 Å². The van der Waals surface area contributed by atoms with Crippen molar-refractivity contribution in [2.75, 3.05) is 12.4 Å². The molecule has 21 heavy (non-hydrogen) atoms. The first-order valence-corrected chi connectivity index (χ1v) is 6.84. The Bertz CT molecular complexity index is 875. The zero-order chi connectivity index (χ0) is 14.2. The van der Waals surface area contributed by atoms with E-state index in [9.17, 15) is 0 Å². The molecule has 0 atom stereocenters. The Morgan fingerprint density at radius 1 is 0.952 bits per heavy atom. The predicted molar refractivity (Wildman–Crippen MR) is 85.5 cm³/mol. The maximum Gasteiger partial charge on any atom is 0.132 e. The fraction of sp³-hybridized carbons (Fsp3) is 0.0588. The van der Waals surface area contributed by atoms with Gasteiger partial charge in [0.1, 0.15) is 11.6 Å². The van der Waals surface area contributed by atoms with Gasteiger partial charge in [0.25, 0.3) is 0 Å². The molecule has 4 heteroatoms. The van der Waals surface area contributed by atoms with E-state index in [1.807, 2.05) is 24.3 Å². The average molecular weight is 277 g/mol. The molecule has 2 aromatic carbocycles. The molecule has 0 spiro atoms. The number of methoxy groups -OCH3 is 1. The number of nitrogens with one attached hydrogen (secondary N) is 3. The molecular formula is C17H15N3O. The summed E-state index contributed by atoms with van der Waals surface area (Å²) in [7, 11) is 1.67. The van der Waals surface area contributed by atoms with Crippen LogP contribution in [0.3, 0.4) is 0 Å². The van der Waals surface area contributed by atoms with E-state index < -0.39 is 0 Å². The first-order valence-electron chi connectivity index (χ1n) is 6.84. The molecule has 1 heterocycles. The van der Waals surface area contributed by atoms with Crippen LogP contribution in [0.15, 0.2) is 54.6 Å². The van der Waals surface area contributed by atoms with E-state index in [-0.39, 0.29) is 0 Å². The Labute approximate surface area is 122 Å². The van der Waals surface area contributed by atoms with Crippen LogP contribution in [-0.2, 0) is 0 Å². The zero-order valence-corrected chi connectivity index (χ0v) is 11.6. The van der Waals surface area contributed by atoms with Crippen molar-refractivity contribution in [2.45, 2.75) is 0 Å². The predicted octanol–water partition coefficient (Wildman–Crippen LogP) is 4.35. The highest BCUT2D eigenvalue weighted by molar-refractivity contribution is 6.04. The van der Waals surface area contributed by atoms with Crippen LogP contribution in [0, 0.1) is 0 Å². The van der Waals surface area contributed by atoms with Gasteiger partial charge in [-0.05, 0) is 23.6 Å². The molecule has 2 aromatic rings. The number of hydrogen-bond donors (Lipinski definition) is 3. The minimum Gasteiger partial charge on any atom is -0.497 e. The van der Waals surface area contributed by atoms with E-state index in [0.717, 1.165) is 28.5 Å². The number of fused-ring (bicyclic) bond motifs is 3. The van der Waals surface area contributed by atoms with Crippen LogP contribution in [0.1, 0.15) is 0 Å². The van der Waals surface area contributed by atoms with Gasteiger partial charge in [-0.3, -0.25) is 10.2 Å². The van der Waals surface area contributed by atoms with Gasteiger partial charge in [-0.2, -0.15) is 0 Å². The molecule has 4 rings (SSSR count). The summed E-state index contributed by atoms with van der Waals surface area (Å²) in [6.07, 6.45) is 0. The van der Waals surface area contributed by atoms with Crippen molar-refractivity contribution in [1.29, 1.82) is 0 Å². The number of hydrogen-bond acceptors (Lipinski definition) is 2. The summed E-state index contributed by atoms with van der Waals surface area (Å²) in [4.78, 5) is 0. The maximum atomic E-state index is 5.25. The number of aromatic amines is 2. The van der Waals surface area contributed by atoms with Gasteiger partial charge in [-0.25, -0.2) is 0 Å². The third-order valence-corrected chi connectivity index (χ3v) is 3.72. The lowest BCUT2D eigenvalue weighted by molar-refractivity contribution is 0.415. The van der Waals surface area contributed by atoms with Crippen molar-refractivity contribution in [3.8, 4) is 17.0 Å². The Balaban J connectivity index is 1.75. The van der Waals surface area contributed by atoms with Crippen LogP contribution in [0.25, 0.3) is 22.0 Å². The van der Waals surface area contributed by atoms with Gasteiger partial charge in [-0.1, -0.05) is 30.3 Å². The highest BCUT2D eigenvalue weighted by Crippen LogP contribution is 2.38. The molecule has 3 N–H and O–H groups in total. The van der Waals surface area contributed by atoms with Gasteiger partial charge in [-0.15, -0.1) is 0 Å². The van der Waals surface area contributed by atoms with Crippen LogP contribution >= 0.6 is 0 Å². The lowest BCUT2D eigenvalue weighted by Crippen LogP contribution is -1.92. The minimum atomic E-state index is 0.833. The molecule has 0 aromatic heterocycles. The number of rotatable bonds is 3. The van der Waals surface area contributed by atoms with Crippen molar-refractivity contribution in [1.82, 2.24) is 10.2 Å². The smallest absolute Gasteiger partial charge is 0.132 e. The summed E-state index contributed by atoms with van der Waals surface area (Å²) in [6.45, 7) is 0. The first kappa shape index (κ1) is 11.9.